The van der Waals surface area contributed by atoms with Crippen molar-refractivity contribution in [3.63, 3.8) is 0 Å². The summed E-state index contributed by atoms with van der Waals surface area (Å²) in [5, 5.41) is 2.76. The van der Waals surface area contributed by atoms with E-state index in [2.05, 4.69) is 20.3 Å². The minimum absolute atomic E-state index is 0.0535. The molecule has 0 radical (unpaired) electrons. The fourth-order valence-electron chi connectivity index (χ4n) is 2.15. The second-order valence-corrected chi connectivity index (χ2v) is 5.15. The van der Waals surface area contributed by atoms with Gasteiger partial charge in [-0.3, -0.25) is 14.6 Å². The quantitative estimate of drug-likeness (QED) is 0.747. The lowest BCUT2D eigenvalue weighted by atomic mass is 10.1. The fourth-order valence-corrected chi connectivity index (χ4v) is 2.15. The zero-order valence-corrected chi connectivity index (χ0v) is 12.9. The Morgan fingerprint density at radius 1 is 0.958 bits per heavy atom. The van der Waals surface area contributed by atoms with Crippen LogP contribution in [0, 0.1) is 0 Å². The van der Waals surface area contributed by atoms with E-state index < -0.39 is 0 Å². The summed E-state index contributed by atoms with van der Waals surface area (Å²) in [6.45, 7) is 1.48. The number of hydrogen-bond acceptors (Lipinski definition) is 5. The molecule has 0 aliphatic rings. The first-order valence-electron chi connectivity index (χ1n) is 7.27. The van der Waals surface area contributed by atoms with Crippen LogP contribution in [0.2, 0.25) is 0 Å². The van der Waals surface area contributed by atoms with Crippen LogP contribution < -0.4 is 5.32 Å². The number of hydrogen-bond donors (Lipinski definition) is 1. The largest absolute Gasteiger partial charge is 0.322 e. The van der Waals surface area contributed by atoms with E-state index in [1.54, 1.807) is 48.8 Å². The van der Waals surface area contributed by atoms with Crippen molar-refractivity contribution in [1.29, 1.82) is 0 Å². The van der Waals surface area contributed by atoms with Crippen LogP contribution in [-0.2, 0) is 0 Å². The van der Waals surface area contributed by atoms with Crippen molar-refractivity contribution in [3.05, 3.63) is 72.4 Å². The van der Waals surface area contributed by atoms with Gasteiger partial charge < -0.3 is 5.32 Å². The number of benzene rings is 1. The van der Waals surface area contributed by atoms with Crippen LogP contribution in [0.3, 0.4) is 0 Å². The Hall–Kier alpha value is -3.41. The molecule has 0 atom stereocenters. The van der Waals surface area contributed by atoms with E-state index in [1.165, 1.54) is 19.4 Å². The van der Waals surface area contributed by atoms with E-state index >= 15 is 0 Å². The number of anilines is 1. The molecular weight excluding hydrogens is 304 g/mol. The number of rotatable bonds is 4. The van der Waals surface area contributed by atoms with Crippen molar-refractivity contribution in [3.8, 4) is 11.3 Å². The predicted octanol–water partition coefficient (Wildman–Crippen LogP) is 2.99. The van der Waals surface area contributed by atoms with E-state index in [0.29, 0.717) is 22.5 Å². The van der Waals surface area contributed by atoms with E-state index in [1.807, 2.05) is 0 Å². The van der Waals surface area contributed by atoms with Gasteiger partial charge >= 0.3 is 0 Å². The van der Waals surface area contributed by atoms with Crippen molar-refractivity contribution in [2.45, 2.75) is 6.92 Å². The third kappa shape index (κ3) is 3.49. The van der Waals surface area contributed by atoms with Crippen LogP contribution in [0.5, 0.6) is 0 Å². The van der Waals surface area contributed by atoms with Crippen molar-refractivity contribution in [2.24, 2.45) is 0 Å². The number of nitrogens with one attached hydrogen (secondary N) is 1. The molecule has 118 valence electrons. The molecule has 3 rings (SSSR count). The molecule has 3 aromatic rings. The van der Waals surface area contributed by atoms with Crippen molar-refractivity contribution in [1.82, 2.24) is 15.0 Å². The highest BCUT2D eigenvalue weighted by atomic mass is 16.1. The maximum absolute atomic E-state index is 12.3. The molecular formula is C18H14N4O2. The summed E-state index contributed by atoms with van der Waals surface area (Å²) in [5.74, 6) is -0.346. The molecule has 0 aliphatic heterocycles. The number of carbonyl (C=O) groups is 2. The summed E-state index contributed by atoms with van der Waals surface area (Å²) in [5.41, 5.74) is 2.99. The molecule has 0 saturated carbocycles. The van der Waals surface area contributed by atoms with Crippen LogP contribution in [-0.4, -0.2) is 26.6 Å². The number of pyridine rings is 1. The van der Waals surface area contributed by atoms with Gasteiger partial charge in [-0.15, -0.1) is 0 Å². The number of Topliss-reactive ketones (excluding diaryl/α,β-unsaturated/α-hetero) is 1. The molecule has 2 aromatic heterocycles. The molecule has 6 nitrogen and oxygen atoms in total. The fraction of sp³-hybridized carbons (Fsp3) is 0.0556. The summed E-state index contributed by atoms with van der Waals surface area (Å²) in [7, 11) is 0. The van der Waals surface area contributed by atoms with Crippen LogP contribution in [0.25, 0.3) is 11.3 Å². The van der Waals surface area contributed by atoms with Gasteiger partial charge in [0.1, 0.15) is 6.33 Å². The van der Waals surface area contributed by atoms with Gasteiger partial charge in [-0.1, -0.05) is 12.1 Å². The molecule has 1 aromatic carbocycles. The summed E-state index contributed by atoms with van der Waals surface area (Å²) in [6.07, 6.45) is 6.25. The lowest BCUT2D eigenvalue weighted by Gasteiger charge is -2.07. The zero-order chi connectivity index (χ0) is 16.9. The molecule has 1 N–H and O–H groups in total. The molecule has 0 fully saturated rings. The lowest BCUT2D eigenvalue weighted by molar-refractivity contribution is 0.101. The maximum atomic E-state index is 12.3. The molecule has 0 unspecified atom stereocenters. The second kappa shape index (κ2) is 6.78. The van der Waals surface area contributed by atoms with Crippen LogP contribution in [0.15, 0.2) is 61.3 Å². The van der Waals surface area contributed by atoms with Crippen LogP contribution >= 0.6 is 0 Å². The van der Waals surface area contributed by atoms with Gasteiger partial charge in [0.2, 0.25) is 0 Å². The normalized spacial score (nSPS) is 10.2. The number of ketones is 1. The first-order valence-corrected chi connectivity index (χ1v) is 7.27. The minimum atomic E-state index is -0.293. The van der Waals surface area contributed by atoms with Crippen molar-refractivity contribution < 1.29 is 9.59 Å². The number of nitrogens with zero attached hydrogens (tertiary/aromatic N) is 3. The predicted molar refractivity (Wildman–Crippen MR) is 89.7 cm³/mol. The van der Waals surface area contributed by atoms with Crippen molar-refractivity contribution >= 4 is 17.4 Å². The zero-order valence-electron chi connectivity index (χ0n) is 12.9. The molecule has 1 amide bonds. The third-order valence-electron chi connectivity index (χ3n) is 3.41. The molecule has 6 heteroatoms. The summed E-state index contributed by atoms with van der Waals surface area (Å²) >= 11 is 0. The summed E-state index contributed by atoms with van der Waals surface area (Å²) < 4.78 is 0. The van der Waals surface area contributed by atoms with E-state index in [0.717, 1.165) is 5.56 Å². The number of aromatic nitrogens is 3. The van der Waals surface area contributed by atoms with Gasteiger partial charge in [-0.05, 0) is 31.2 Å². The Morgan fingerprint density at radius 2 is 1.75 bits per heavy atom. The Kier molecular flexibility index (Phi) is 4.38. The topological polar surface area (TPSA) is 84.8 Å². The van der Waals surface area contributed by atoms with E-state index in [4.69, 9.17) is 0 Å². The summed E-state index contributed by atoms with van der Waals surface area (Å²) in [6, 6.07) is 10.2. The lowest BCUT2D eigenvalue weighted by Crippen LogP contribution is -2.12. The molecule has 0 spiro atoms. The number of carbonyl (C=O) groups excluding carboxylic acids is 2. The number of amides is 1. The molecule has 24 heavy (non-hydrogen) atoms. The third-order valence-corrected chi connectivity index (χ3v) is 3.41. The van der Waals surface area contributed by atoms with Gasteiger partial charge in [0, 0.05) is 35.4 Å². The molecule has 0 bridgehead atoms. The van der Waals surface area contributed by atoms with Gasteiger partial charge in [0.05, 0.1) is 11.3 Å². The van der Waals surface area contributed by atoms with Gasteiger partial charge in [0.15, 0.2) is 5.78 Å². The first kappa shape index (κ1) is 15.5. The van der Waals surface area contributed by atoms with Gasteiger partial charge in [-0.2, -0.15) is 0 Å². The minimum Gasteiger partial charge on any atom is -0.322 e. The van der Waals surface area contributed by atoms with Crippen LogP contribution in [0.1, 0.15) is 27.6 Å². The highest BCUT2D eigenvalue weighted by Gasteiger charge is 2.09. The van der Waals surface area contributed by atoms with Crippen molar-refractivity contribution in [2.75, 3.05) is 5.32 Å². The molecule has 0 aliphatic carbocycles. The SMILES string of the molecule is CC(=O)c1cccc(NC(=O)c2ccc(-c3cncnc3)nc2)c1. The van der Waals surface area contributed by atoms with E-state index in [-0.39, 0.29) is 11.7 Å². The Morgan fingerprint density at radius 3 is 2.42 bits per heavy atom. The molecule has 0 saturated heterocycles. The average Bonchev–Trinajstić information content (AvgIpc) is 2.63. The standard InChI is InChI=1S/C18H14N4O2/c1-12(23)13-3-2-4-16(7-13)22-18(24)14-5-6-17(21-10-14)15-8-19-11-20-9-15/h2-11H,1H3,(H,22,24). The average molecular weight is 318 g/mol. The first-order chi connectivity index (χ1) is 11.6. The second-order valence-electron chi connectivity index (χ2n) is 5.15. The highest BCUT2D eigenvalue weighted by Crippen LogP contribution is 2.16. The van der Waals surface area contributed by atoms with Crippen LogP contribution in [0.4, 0.5) is 5.69 Å². The van der Waals surface area contributed by atoms with Gasteiger partial charge in [-0.25, -0.2) is 9.97 Å². The van der Waals surface area contributed by atoms with Gasteiger partial charge in [0.25, 0.3) is 5.91 Å². The maximum Gasteiger partial charge on any atom is 0.257 e. The Balaban J connectivity index is 1.76. The Bertz CT molecular complexity index is 877. The monoisotopic (exact) mass is 318 g/mol. The molecule has 2 heterocycles. The van der Waals surface area contributed by atoms with E-state index in [9.17, 15) is 9.59 Å². The summed E-state index contributed by atoms with van der Waals surface area (Å²) in [4.78, 5) is 35.8. The Labute approximate surface area is 138 Å². The smallest absolute Gasteiger partial charge is 0.257 e. The highest BCUT2D eigenvalue weighted by molar-refractivity contribution is 6.05.